The third-order valence-corrected chi connectivity index (χ3v) is 7.30. The van der Waals surface area contributed by atoms with E-state index in [4.69, 9.17) is 21.6 Å². The second-order valence-electron chi connectivity index (χ2n) is 8.19. The highest BCUT2D eigenvalue weighted by Gasteiger charge is 2.23. The number of benzene rings is 1. The van der Waals surface area contributed by atoms with E-state index in [0.717, 1.165) is 45.7 Å². The molecule has 0 unspecified atom stereocenters. The number of imidazole rings is 1. The van der Waals surface area contributed by atoms with Crippen molar-refractivity contribution in [3.8, 4) is 11.3 Å². The molecule has 34 heavy (non-hydrogen) atoms. The maximum atomic E-state index is 11.2. The zero-order chi connectivity index (χ0) is 23.8. The van der Waals surface area contributed by atoms with Crippen molar-refractivity contribution in [3.63, 3.8) is 0 Å². The van der Waals surface area contributed by atoms with Gasteiger partial charge in [-0.05, 0) is 30.7 Å². The van der Waals surface area contributed by atoms with Gasteiger partial charge in [-0.3, -0.25) is 4.40 Å². The van der Waals surface area contributed by atoms with Crippen LogP contribution < -0.4 is 9.80 Å². The molecule has 176 valence electrons. The van der Waals surface area contributed by atoms with Crippen molar-refractivity contribution in [3.05, 3.63) is 58.7 Å². The highest BCUT2D eigenvalue weighted by molar-refractivity contribution is 7.14. The van der Waals surface area contributed by atoms with Gasteiger partial charge in [0.2, 0.25) is 0 Å². The third-order valence-electron chi connectivity index (χ3n) is 6.13. The number of nitrogens with zero attached hydrogens (tertiary/aromatic N) is 6. The van der Waals surface area contributed by atoms with Crippen LogP contribution in [0.3, 0.4) is 0 Å². The molecule has 0 spiro atoms. The summed E-state index contributed by atoms with van der Waals surface area (Å²) in [7, 11) is 2.02. The monoisotopic (exact) mass is 496 g/mol. The number of fused-ring (bicyclic) bond motifs is 1. The van der Waals surface area contributed by atoms with E-state index in [9.17, 15) is 9.90 Å². The molecule has 0 atom stereocenters. The number of anilines is 3. The van der Waals surface area contributed by atoms with E-state index in [0.29, 0.717) is 31.2 Å². The molecular formula is C24H25ClN6O2S. The number of thiazole rings is 1. The standard InChI is InChI=1S/C24H25ClN6O2S/c1-3-19-22(28(2)23-27-20(15-34-23)16-4-6-17(25)7-5-16)31-14-18(8-9-21(31)26-19)29-10-12-30(13-11-29)24(32)33/h4-9,14-15H,3,10-13H2,1-2H3,(H,32,33). The molecule has 0 aliphatic carbocycles. The molecule has 4 aromatic rings. The molecule has 5 rings (SSSR count). The molecule has 4 heterocycles. The number of amides is 1. The fourth-order valence-corrected chi connectivity index (χ4v) is 5.19. The Labute approximate surface area is 206 Å². The van der Waals surface area contributed by atoms with E-state index in [1.807, 2.05) is 37.4 Å². The lowest BCUT2D eigenvalue weighted by atomic mass is 10.2. The van der Waals surface area contributed by atoms with Crippen LogP contribution in [0.25, 0.3) is 16.9 Å². The number of carbonyl (C=O) groups is 1. The maximum Gasteiger partial charge on any atom is 0.407 e. The molecule has 1 aromatic carbocycles. The highest BCUT2D eigenvalue weighted by atomic mass is 35.5. The Morgan fingerprint density at radius 2 is 1.85 bits per heavy atom. The lowest BCUT2D eigenvalue weighted by molar-refractivity contribution is 0.142. The molecule has 1 saturated heterocycles. The number of piperazine rings is 1. The quantitative estimate of drug-likeness (QED) is 0.407. The van der Waals surface area contributed by atoms with Gasteiger partial charge in [0.15, 0.2) is 5.13 Å². The Morgan fingerprint density at radius 1 is 1.12 bits per heavy atom. The van der Waals surface area contributed by atoms with Gasteiger partial charge in [-0.2, -0.15) is 0 Å². The average molecular weight is 497 g/mol. The fraction of sp³-hybridized carbons (Fsp3) is 0.292. The zero-order valence-electron chi connectivity index (χ0n) is 19.0. The zero-order valence-corrected chi connectivity index (χ0v) is 20.6. The predicted molar refractivity (Wildman–Crippen MR) is 137 cm³/mol. The van der Waals surface area contributed by atoms with Gasteiger partial charge < -0.3 is 19.8 Å². The van der Waals surface area contributed by atoms with Crippen LogP contribution in [0.4, 0.5) is 21.4 Å². The molecule has 0 radical (unpaired) electrons. The van der Waals surface area contributed by atoms with Crippen molar-refractivity contribution < 1.29 is 9.90 Å². The summed E-state index contributed by atoms with van der Waals surface area (Å²) in [5.74, 6) is 0.987. The molecule has 1 aliphatic rings. The summed E-state index contributed by atoms with van der Waals surface area (Å²) in [6, 6.07) is 11.8. The molecule has 1 amide bonds. The molecule has 0 bridgehead atoms. The molecular weight excluding hydrogens is 472 g/mol. The van der Waals surface area contributed by atoms with E-state index < -0.39 is 6.09 Å². The number of carboxylic acid groups (broad SMARTS) is 1. The first kappa shape index (κ1) is 22.5. The summed E-state index contributed by atoms with van der Waals surface area (Å²) >= 11 is 7.62. The maximum absolute atomic E-state index is 11.2. The number of aromatic nitrogens is 3. The molecule has 1 N–H and O–H groups in total. The van der Waals surface area contributed by atoms with Gasteiger partial charge in [0.1, 0.15) is 11.5 Å². The Morgan fingerprint density at radius 3 is 2.53 bits per heavy atom. The minimum absolute atomic E-state index is 0.497. The lowest BCUT2D eigenvalue weighted by Crippen LogP contribution is -2.48. The fourth-order valence-electron chi connectivity index (χ4n) is 4.27. The van der Waals surface area contributed by atoms with Gasteiger partial charge in [-0.1, -0.05) is 30.7 Å². The van der Waals surface area contributed by atoms with Crippen molar-refractivity contribution in [1.29, 1.82) is 0 Å². The summed E-state index contributed by atoms with van der Waals surface area (Å²) in [5.41, 5.74) is 4.86. The smallest absolute Gasteiger partial charge is 0.407 e. The summed E-state index contributed by atoms with van der Waals surface area (Å²) in [6.45, 7) is 4.42. The SMILES string of the molecule is CCc1nc2ccc(N3CCN(C(=O)O)CC3)cn2c1N(C)c1nc(-c2ccc(Cl)cc2)cs1. The molecule has 10 heteroatoms. The Bertz CT molecular complexity index is 1330. The van der Waals surface area contributed by atoms with Crippen LogP contribution in [0.2, 0.25) is 5.02 Å². The number of pyridine rings is 1. The van der Waals surface area contributed by atoms with Crippen molar-refractivity contribution >= 4 is 51.3 Å². The Balaban J connectivity index is 1.47. The lowest BCUT2D eigenvalue weighted by Gasteiger charge is -2.34. The number of aryl methyl sites for hydroxylation is 1. The van der Waals surface area contributed by atoms with Crippen molar-refractivity contribution in [1.82, 2.24) is 19.3 Å². The summed E-state index contributed by atoms with van der Waals surface area (Å²) in [6.07, 6.45) is 2.03. The molecule has 3 aromatic heterocycles. The van der Waals surface area contributed by atoms with Crippen LogP contribution in [-0.4, -0.2) is 63.7 Å². The number of halogens is 1. The van der Waals surface area contributed by atoms with Crippen LogP contribution in [-0.2, 0) is 6.42 Å². The van der Waals surface area contributed by atoms with E-state index in [1.54, 1.807) is 11.3 Å². The van der Waals surface area contributed by atoms with Crippen LogP contribution in [0.1, 0.15) is 12.6 Å². The Kier molecular flexibility index (Phi) is 6.05. The highest BCUT2D eigenvalue weighted by Crippen LogP contribution is 2.34. The molecule has 1 aliphatic heterocycles. The summed E-state index contributed by atoms with van der Waals surface area (Å²) in [4.78, 5) is 26.7. The first-order valence-corrected chi connectivity index (χ1v) is 12.4. The van der Waals surface area contributed by atoms with Crippen LogP contribution in [0.15, 0.2) is 48.0 Å². The number of hydrogen-bond donors (Lipinski definition) is 1. The van der Waals surface area contributed by atoms with Crippen LogP contribution in [0.5, 0.6) is 0 Å². The molecule has 0 saturated carbocycles. The largest absolute Gasteiger partial charge is 0.465 e. The topological polar surface area (TPSA) is 77.2 Å². The first-order chi connectivity index (χ1) is 16.4. The second-order valence-corrected chi connectivity index (χ2v) is 9.46. The predicted octanol–water partition coefficient (Wildman–Crippen LogP) is 5.24. The van der Waals surface area contributed by atoms with Crippen molar-refractivity contribution in [2.24, 2.45) is 0 Å². The summed E-state index contributed by atoms with van der Waals surface area (Å²) in [5, 5.41) is 12.9. The molecule has 1 fully saturated rings. The normalized spacial score (nSPS) is 14.1. The molecule has 8 nitrogen and oxygen atoms in total. The minimum atomic E-state index is -0.859. The first-order valence-electron chi connectivity index (χ1n) is 11.1. The minimum Gasteiger partial charge on any atom is -0.465 e. The van der Waals surface area contributed by atoms with E-state index >= 15 is 0 Å². The number of hydrogen-bond acceptors (Lipinski definition) is 6. The van der Waals surface area contributed by atoms with Crippen molar-refractivity contribution in [2.75, 3.05) is 43.0 Å². The average Bonchev–Trinajstić information content (AvgIpc) is 3.49. The van der Waals surface area contributed by atoms with E-state index in [2.05, 4.69) is 38.8 Å². The van der Waals surface area contributed by atoms with E-state index in [1.165, 1.54) is 4.90 Å². The van der Waals surface area contributed by atoms with Crippen molar-refractivity contribution in [2.45, 2.75) is 13.3 Å². The Hall–Kier alpha value is -3.30. The van der Waals surface area contributed by atoms with Gasteiger partial charge in [0.05, 0.1) is 17.1 Å². The van der Waals surface area contributed by atoms with Gasteiger partial charge in [-0.15, -0.1) is 11.3 Å². The van der Waals surface area contributed by atoms with Gasteiger partial charge >= 0.3 is 6.09 Å². The van der Waals surface area contributed by atoms with E-state index in [-0.39, 0.29) is 0 Å². The summed E-state index contributed by atoms with van der Waals surface area (Å²) < 4.78 is 2.11. The van der Waals surface area contributed by atoms with Crippen LogP contribution >= 0.6 is 22.9 Å². The second kappa shape index (κ2) is 9.15. The number of rotatable bonds is 5. The van der Waals surface area contributed by atoms with Gasteiger partial charge in [0.25, 0.3) is 0 Å². The van der Waals surface area contributed by atoms with Crippen LogP contribution in [0, 0.1) is 0 Å². The van der Waals surface area contributed by atoms with Gasteiger partial charge in [-0.25, -0.2) is 14.8 Å². The van der Waals surface area contributed by atoms with Gasteiger partial charge in [0, 0.05) is 55.4 Å². The third kappa shape index (κ3) is 4.17.